The van der Waals surface area contributed by atoms with Crippen molar-refractivity contribution in [3.05, 3.63) is 74.1 Å². The smallest absolute Gasteiger partial charge is 0.115 e. The Kier molecular flexibility index (Phi) is 105. The lowest BCUT2D eigenvalue weighted by atomic mass is 10.3. The van der Waals surface area contributed by atoms with Crippen LogP contribution in [-0.2, 0) is 0 Å². The lowest BCUT2D eigenvalue weighted by Gasteiger charge is -1.79. The molecule has 0 radical (unpaired) electrons. The van der Waals surface area contributed by atoms with E-state index in [1.807, 2.05) is 53.7 Å². The second-order valence-corrected chi connectivity index (χ2v) is 13.1. The number of rotatable bonds is 0. The highest BCUT2D eigenvalue weighted by molar-refractivity contribution is 4.80. The summed E-state index contributed by atoms with van der Waals surface area (Å²) in [5.41, 5.74) is 0. The molecule has 0 aliphatic heterocycles. The second kappa shape index (κ2) is 74.9. The highest BCUT2D eigenvalue weighted by Gasteiger charge is 1.70. The Hall–Kier alpha value is -2.76. The average molecular weight is 679 g/mol. The zero-order chi connectivity index (χ0) is 40.2. The van der Waals surface area contributed by atoms with E-state index < -0.39 is 0 Å². The quantitative estimate of drug-likeness (QED) is 0.235. The number of hydrogen-bond donors (Lipinski definition) is 0. The van der Waals surface area contributed by atoms with Gasteiger partial charge in [0, 0.05) is 49.6 Å². The topological polar surface area (TPSA) is 77.3 Å². The molecule has 0 aliphatic carbocycles. The molecular formula is C42H90N6. The molecule has 288 valence electrons. The molecule has 3 aromatic heterocycles. The molecule has 6 nitrogen and oxygen atoms in total. The minimum absolute atomic E-state index is 0.833. The van der Waals surface area contributed by atoms with Crippen LogP contribution in [0.5, 0.6) is 0 Å². The van der Waals surface area contributed by atoms with Gasteiger partial charge in [-0.3, -0.25) is 9.97 Å². The first kappa shape index (κ1) is 67.4. The van der Waals surface area contributed by atoms with Crippen LogP contribution in [0, 0.1) is 35.5 Å². The van der Waals surface area contributed by atoms with Crippen LogP contribution in [0.1, 0.15) is 166 Å². The Balaban J connectivity index is -0.0000000503. The van der Waals surface area contributed by atoms with Crippen LogP contribution in [0.25, 0.3) is 0 Å². The van der Waals surface area contributed by atoms with E-state index >= 15 is 0 Å². The number of aromatic nitrogens is 6. The summed E-state index contributed by atoms with van der Waals surface area (Å²) in [5.74, 6) is 5.00. The van der Waals surface area contributed by atoms with Crippen LogP contribution in [0.3, 0.4) is 0 Å². The predicted octanol–water partition coefficient (Wildman–Crippen LogP) is 14.5. The van der Waals surface area contributed by atoms with Gasteiger partial charge >= 0.3 is 0 Å². The highest BCUT2D eigenvalue weighted by Crippen LogP contribution is 1.83. The third kappa shape index (κ3) is 332. The summed E-state index contributed by atoms with van der Waals surface area (Å²) < 4.78 is 0. The summed E-state index contributed by atoms with van der Waals surface area (Å²) in [6.07, 6.45) is 14.7. The van der Waals surface area contributed by atoms with Gasteiger partial charge in [-0.1, -0.05) is 166 Å². The van der Waals surface area contributed by atoms with Crippen LogP contribution in [0.15, 0.2) is 74.1 Å². The van der Waals surface area contributed by atoms with Crippen molar-refractivity contribution in [2.24, 2.45) is 35.5 Å². The molecule has 0 amide bonds. The third-order valence-electron chi connectivity index (χ3n) is 1.44. The molecule has 3 heterocycles. The standard InChI is InChI=1S/3C4H4N2.6C4H10.3C2H6/c1-2-6-4-3-5-1;1-2-5-4-6-3-1;1-2-4-6-5-3-1;6*1-4(2)3;3*1-2/h3*1-4H;6*4H,1-3H3;3*1-2H3. The van der Waals surface area contributed by atoms with Crippen LogP contribution < -0.4 is 0 Å². The van der Waals surface area contributed by atoms with Gasteiger partial charge in [-0.15, -0.1) is 0 Å². The summed E-state index contributed by atoms with van der Waals surface area (Å²) in [6, 6.07) is 5.43. The summed E-state index contributed by atoms with van der Waals surface area (Å²) in [4.78, 5) is 14.8. The van der Waals surface area contributed by atoms with E-state index in [0.717, 1.165) is 35.5 Å². The summed E-state index contributed by atoms with van der Waals surface area (Å²) in [6.45, 7) is 51.0. The molecule has 0 bridgehead atoms. The van der Waals surface area contributed by atoms with Crippen molar-refractivity contribution in [3.8, 4) is 0 Å². The summed E-state index contributed by atoms with van der Waals surface area (Å²) in [7, 11) is 0. The van der Waals surface area contributed by atoms with Gasteiger partial charge in [-0.05, 0) is 53.7 Å². The zero-order valence-electron chi connectivity index (χ0n) is 37.1. The Bertz CT molecular complexity index is 503. The molecule has 0 aliphatic rings. The van der Waals surface area contributed by atoms with Crippen molar-refractivity contribution >= 4 is 0 Å². The van der Waals surface area contributed by atoms with Crippen LogP contribution in [0.2, 0.25) is 0 Å². The molecule has 0 unspecified atom stereocenters. The van der Waals surface area contributed by atoms with Crippen molar-refractivity contribution in [2.45, 2.75) is 166 Å². The fraction of sp³-hybridized carbons (Fsp3) is 0.714. The molecule has 3 rings (SSSR count). The highest BCUT2D eigenvalue weighted by atomic mass is 15.1. The first-order valence-corrected chi connectivity index (χ1v) is 18.5. The summed E-state index contributed by atoms with van der Waals surface area (Å²) in [5, 5.41) is 7.07. The molecule has 0 N–H and O–H groups in total. The molecule has 48 heavy (non-hydrogen) atoms. The Labute approximate surface area is 305 Å². The van der Waals surface area contributed by atoms with Gasteiger partial charge in [-0.25, -0.2) is 9.97 Å². The van der Waals surface area contributed by atoms with Crippen molar-refractivity contribution in [2.75, 3.05) is 0 Å². The first-order valence-electron chi connectivity index (χ1n) is 18.5. The molecule has 0 atom stereocenters. The molecule has 0 aromatic carbocycles. The molecule has 0 fully saturated rings. The molecule has 0 spiro atoms. The molecular weight excluding hydrogens is 589 g/mol. The van der Waals surface area contributed by atoms with E-state index in [1.165, 1.54) is 6.33 Å². The van der Waals surface area contributed by atoms with Crippen molar-refractivity contribution < 1.29 is 0 Å². The van der Waals surface area contributed by atoms with Crippen molar-refractivity contribution in [1.29, 1.82) is 0 Å². The predicted molar refractivity (Wildman–Crippen MR) is 223 cm³/mol. The summed E-state index contributed by atoms with van der Waals surface area (Å²) >= 11 is 0. The van der Waals surface area contributed by atoms with Gasteiger partial charge in [0.2, 0.25) is 0 Å². The largest absolute Gasteiger partial charge is 0.262 e. The van der Waals surface area contributed by atoms with Gasteiger partial charge in [-0.2, -0.15) is 10.2 Å². The van der Waals surface area contributed by atoms with Crippen molar-refractivity contribution in [3.63, 3.8) is 0 Å². The van der Waals surface area contributed by atoms with Gasteiger partial charge in [0.1, 0.15) is 6.33 Å². The fourth-order valence-electron chi connectivity index (χ4n) is 0.760. The Morgan fingerprint density at radius 1 is 0.250 bits per heavy atom. The lowest BCUT2D eigenvalue weighted by Crippen LogP contribution is -1.69. The second-order valence-electron chi connectivity index (χ2n) is 13.1. The van der Waals surface area contributed by atoms with Crippen LogP contribution in [-0.4, -0.2) is 30.1 Å². The maximum atomic E-state index is 3.72. The molecule has 0 saturated carbocycles. The van der Waals surface area contributed by atoms with Crippen LogP contribution in [0.4, 0.5) is 0 Å². The number of hydrogen-bond acceptors (Lipinski definition) is 6. The monoisotopic (exact) mass is 679 g/mol. The zero-order valence-corrected chi connectivity index (χ0v) is 37.1. The Morgan fingerprint density at radius 3 is 0.500 bits per heavy atom. The maximum absolute atomic E-state index is 3.72. The fourth-order valence-corrected chi connectivity index (χ4v) is 0.760. The van der Waals surface area contributed by atoms with Gasteiger partial charge in [0.15, 0.2) is 0 Å². The van der Waals surface area contributed by atoms with Crippen molar-refractivity contribution in [1.82, 2.24) is 30.1 Å². The SMILES string of the molecule is CC.CC.CC.CC(C)C.CC(C)C.CC(C)C.CC(C)C.CC(C)C.CC(C)C.c1ccnnc1.c1cnccn1.c1cncnc1. The van der Waals surface area contributed by atoms with E-state index in [1.54, 1.807) is 55.6 Å². The minimum atomic E-state index is 0.833. The van der Waals surface area contributed by atoms with E-state index in [0.29, 0.717) is 0 Å². The van der Waals surface area contributed by atoms with E-state index in [-0.39, 0.29) is 0 Å². The van der Waals surface area contributed by atoms with Crippen LogP contribution >= 0.6 is 0 Å². The molecule has 6 heteroatoms. The first-order chi connectivity index (χ1) is 22.4. The van der Waals surface area contributed by atoms with Gasteiger partial charge in [0.05, 0.1) is 0 Å². The van der Waals surface area contributed by atoms with Gasteiger partial charge < -0.3 is 0 Å². The molecule has 3 aromatic rings. The lowest BCUT2D eigenvalue weighted by molar-refractivity contribution is 0.736. The molecule has 0 saturated heterocycles. The Morgan fingerprint density at radius 2 is 0.438 bits per heavy atom. The van der Waals surface area contributed by atoms with E-state index in [4.69, 9.17) is 0 Å². The minimum Gasteiger partial charge on any atom is -0.262 e. The maximum Gasteiger partial charge on any atom is 0.115 e. The van der Waals surface area contributed by atoms with Gasteiger partial charge in [0.25, 0.3) is 0 Å². The van der Waals surface area contributed by atoms with E-state index in [9.17, 15) is 0 Å². The van der Waals surface area contributed by atoms with E-state index in [2.05, 4.69) is 155 Å². The average Bonchev–Trinajstić information content (AvgIpc) is 3.02. The number of nitrogens with zero attached hydrogens (tertiary/aromatic N) is 6. The normalized spacial score (nSPS) is 7.88. The third-order valence-corrected chi connectivity index (χ3v) is 1.44.